The van der Waals surface area contributed by atoms with Gasteiger partial charge in [0, 0.05) is 11.3 Å². The van der Waals surface area contributed by atoms with Gasteiger partial charge in [0.2, 0.25) is 6.41 Å². The zero-order valence-corrected chi connectivity index (χ0v) is 14.3. The van der Waals surface area contributed by atoms with Crippen molar-refractivity contribution in [3.8, 4) is 11.3 Å². The van der Waals surface area contributed by atoms with Crippen molar-refractivity contribution in [2.24, 2.45) is 0 Å². The van der Waals surface area contributed by atoms with Gasteiger partial charge in [-0.2, -0.15) is 5.10 Å². The molecule has 0 radical (unpaired) electrons. The molecule has 3 aromatic rings. The van der Waals surface area contributed by atoms with Crippen LogP contribution in [0.4, 0.5) is 15.8 Å². The average Bonchev–Trinajstić information content (AvgIpc) is 2.93. The number of anilines is 2. The summed E-state index contributed by atoms with van der Waals surface area (Å²) in [5.74, 6) is -0.356. The number of benzene rings is 2. The van der Waals surface area contributed by atoms with Crippen molar-refractivity contribution in [1.82, 2.24) is 10.2 Å². The van der Waals surface area contributed by atoms with Crippen molar-refractivity contribution in [3.63, 3.8) is 0 Å². The predicted octanol–water partition coefficient (Wildman–Crippen LogP) is 4.28. The third-order valence-corrected chi connectivity index (χ3v) is 4.44. The molecule has 1 amide bonds. The van der Waals surface area contributed by atoms with Crippen molar-refractivity contribution in [2.45, 2.75) is 6.92 Å². The molecule has 0 saturated heterocycles. The van der Waals surface area contributed by atoms with Crippen LogP contribution in [0.2, 0.25) is 0 Å². The molecule has 0 aliphatic carbocycles. The second-order valence-electron chi connectivity index (χ2n) is 5.16. The van der Waals surface area contributed by atoms with Gasteiger partial charge in [0.1, 0.15) is 11.5 Å². The molecule has 3 rings (SSSR count). The minimum absolute atomic E-state index is 0.356. The smallest absolute Gasteiger partial charge is 0.232 e. The van der Waals surface area contributed by atoms with Crippen LogP contribution in [0.1, 0.15) is 5.69 Å². The number of hydrogen-bond donors (Lipinski definition) is 2. The second kappa shape index (κ2) is 6.84. The molecule has 2 N–H and O–H groups in total. The van der Waals surface area contributed by atoms with Crippen molar-refractivity contribution in [1.29, 1.82) is 0 Å². The molecule has 5 nitrogen and oxygen atoms in total. The Morgan fingerprint density at radius 2 is 2.00 bits per heavy atom. The molecule has 1 aromatic heterocycles. The third kappa shape index (κ3) is 3.30. The third-order valence-electron chi connectivity index (χ3n) is 3.47. The molecule has 0 aliphatic heterocycles. The number of hydrogen-bond acceptors (Lipinski definition) is 3. The number of aryl methyl sites for hydroxylation is 1. The quantitative estimate of drug-likeness (QED) is 0.506. The first-order valence-electron chi connectivity index (χ1n) is 7.16. The van der Waals surface area contributed by atoms with Gasteiger partial charge in [0.15, 0.2) is 0 Å². The van der Waals surface area contributed by atoms with Crippen LogP contribution in [0.15, 0.2) is 53.0 Å². The zero-order chi connectivity index (χ0) is 17.1. The Morgan fingerprint density at radius 3 is 2.62 bits per heavy atom. The summed E-state index contributed by atoms with van der Waals surface area (Å²) in [7, 11) is 0. The van der Waals surface area contributed by atoms with Gasteiger partial charge in [-0.3, -0.25) is 15.3 Å². The van der Waals surface area contributed by atoms with Crippen molar-refractivity contribution >= 4 is 33.7 Å². The van der Waals surface area contributed by atoms with Crippen LogP contribution in [0.25, 0.3) is 11.3 Å². The molecule has 0 aliphatic rings. The molecule has 0 spiro atoms. The van der Waals surface area contributed by atoms with Gasteiger partial charge in [0.05, 0.1) is 15.8 Å². The van der Waals surface area contributed by atoms with Gasteiger partial charge in [0.25, 0.3) is 0 Å². The normalized spacial score (nSPS) is 10.5. The maximum absolute atomic E-state index is 13.0. The Balaban J connectivity index is 1.87. The Labute approximate surface area is 146 Å². The van der Waals surface area contributed by atoms with E-state index in [2.05, 4.69) is 31.6 Å². The van der Waals surface area contributed by atoms with E-state index in [0.717, 1.165) is 21.4 Å². The number of H-pyrrole nitrogens is 1. The van der Waals surface area contributed by atoms with Crippen LogP contribution in [0.3, 0.4) is 0 Å². The van der Waals surface area contributed by atoms with Gasteiger partial charge in [-0.25, -0.2) is 9.40 Å². The van der Waals surface area contributed by atoms with E-state index in [-0.39, 0.29) is 5.82 Å². The molecule has 0 bridgehead atoms. The lowest BCUT2D eigenvalue weighted by Crippen LogP contribution is -2.27. The number of carbonyl (C=O) groups excluding carboxylic acids is 1. The fourth-order valence-corrected chi connectivity index (χ4v) is 2.64. The predicted molar refractivity (Wildman–Crippen MR) is 95.0 cm³/mol. The standard InChI is InChI=1S/C17H14BrFN4O/c1-11-16(18)17(21-20-11)12-3-2-4-14(9-12)22-23(10-24)15-7-5-13(19)6-8-15/h2-10,22H,1H3,(H,20,21). The summed E-state index contributed by atoms with van der Waals surface area (Å²) in [6.07, 6.45) is 0.633. The molecule has 24 heavy (non-hydrogen) atoms. The number of aromatic nitrogens is 2. The Hall–Kier alpha value is -2.67. The van der Waals surface area contributed by atoms with E-state index >= 15 is 0 Å². The van der Waals surface area contributed by atoms with Gasteiger partial charge >= 0.3 is 0 Å². The van der Waals surface area contributed by atoms with Crippen LogP contribution in [0, 0.1) is 12.7 Å². The number of halogens is 2. The lowest BCUT2D eigenvalue weighted by atomic mass is 10.1. The number of aromatic amines is 1. The van der Waals surface area contributed by atoms with Crippen molar-refractivity contribution in [3.05, 3.63) is 64.5 Å². The molecular weight excluding hydrogens is 375 g/mol. The molecule has 7 heteroatoms. The number of rotatable bonds is 5. The topological polar surface area (TPSA) is 61.0 Å². The molecule has 0 fully saturated rings. The van der Waals surface area contributed by atoms with Crippen LogP contribution < -0.4 is 10.4 Å². The number of nitrogens with one attached hydrogen (secondary N) is 2. The molecule has 0 saturated carbocycles. The Bertz CT molecular complexity index is 863. The molecule has 0 unspecified atom stereocenters. The molecule has 2 aromatic carbocycles. The average molecular weight is 389 g/mol. The highest BCUT2D eigenvalue weighted by atomic mass is 79.9. The highest BCUT2D eigenvalue weighted by Crippen LogP contribution is 2.30. The van der Waals surface area contributed by atoms with Crippen LogP contribution in [-0.4, -0.2) is 16.6 Å². The maximum atomic E-state index is 13.0. The van der Waals surface area contributed by atoms with E-state index in [9.17, 15) is 9.18 Å². The minimum atomic E-state index is -0.356. The van der Waals surface area contributed by atoms with Crippen LogP contribution in [-0.2, 0) is 4.79 Å². The van der Waals surface area contributed by atoms with Crippen LogP contribution >= 0.6 is 15.9 Å². The van der Waals surface area contributed by atoms with E-state index in [1.165, 1.54) is 29.3 Å². The van der Waals surface area contributed by atoms with Crippen molar-refractivity contribution in [2.75, 3.05) is 10.4 Å². The summed E-state index contributed by atoms with van der Waals surface area (Å²) in [6, 6.07) is 13.1. The number of amides is 1. The van der Waals surface area contributed by atoms with Gasteiger partial charge < -0.3 is 0 Å². The molecule has 122 valence electrons. The van der Waals surface area contributed by atoms with E-state index in [0.29, 0.717) is 17.8 Å². The first kappa shape index (κ1) is 16.2. The van der Waals surface area contributed by atoms with Gasteiger partial charge in [-0.15, -0.1) is 0 Å². The lowest BCUT2D eigenvalue weighted by molar-refractivity contribution is -0.107. The first-order valence-corrected chi connectivity index (χ1v) is 7.95. The zero-order valence-electron chi connectivity index (χ0n) is 12.8. The highest BCUT2D eigenvalue weighted by Gasteiger charge is 2.11. The number of nitrogens with zero attached hydrogens (tertiary/aromatic N) is 2. The van der Waals surface area contributed by atoms with Crippen LogP contribution in [0.5, 0.6) is 0 Å². The first-order chi connectivity index (χ1) is 11.6. The summed E-state index contributed by atoms with van der Waals surface area (Å²) in [5.41, 5.74) is 6.84. The second-order valence-corrected chi connectivity index (χ2v) is 5.95. The fourth-order valence-electron chi connectivity index (χ4n) is 2.24. The minimum Gasteiger partial charge on any atom is -0.292 e. The Morgan fingerprint density at radius 1 is 1.25 bits per heavy atom. The highest BCUT2D eigenvalue weighted by molar-refractivity contribution is 9.10. The van der Waals surface area contributed by atoms with Gasteiger partial charge in [-0.1, -0.05) is 12.1 Å². The van der Waals surface area contributed by atoms with Gasteiger partial charge in [-0.05, 0) is 59.3 Å². The number of hydrazine groups is 1. The Kier molecular flexibility index (Phi) is 4.61. The van der Waals surface area contributed by atoms with E-state index < -0.39 is 0 Å². The molecular formula is C17H14BrFN4O. The SMILES string of the molecule is Cc1[nH]nc(-c2cccc(NN(C=O)c3ccc(F)cc3)c2)c1Br. The monoisotopic (exact) mass is 388 g/mol. The fraction of sp³-hybridized carbons (Fsp3) is 0.0588. The van der Waals surface area contributed by atoms with E-state index in [4.69, 9.17) is 0 Å². The van der Waals surface area contributed by atoms with E-state index in [1.807, 2.05) is 31.2 Å². The number of carbonyl (C=O) groups is 1. The summed E-state index contributed by atoms with van der Waals surface area (Å²) in [4.78, 5) is 11.4. The summed E-state index contributed by atoms with van der Waals surface area (Å²) in [6.45, 7) is 1.92. The van der Waals surface area contributed by atoms with Crippen molar-refractivity contribution < 1.29 is 9.18 Å². The lowest BCUT2D eigenvalue weighted by Gasteiger charge is -2.20. The summed E-state index contributed by atoms with van der Waals surface area (Å²) < 4.78 is 13.9. The summed E-state index contributed by atoms with van der Waals surface area (Å²) in [5, 5.41) is 8.47. The molecule has 1 heterocycles. The molecule has 0 atom stereocenters. The van der Waals surface area contributed by atoms with E-state index in [1.54, 1.807) is 0 Å². The summed E-state index contributed by atoms with van der Waals surface area (Å²) >= 11 is 3.50. The largest absolute Gasteiger partial charge is 0.292 e. The maximum Gasteiger partial charge on any atom is 0.232 e.